The molecule has 0 amide bonds. The van der Waals surface area contributed by atoms with Gasteiger partial charge in [0.1, 0.15) is 0 Å². The van der Waals surface area contributed by atoms with Gasteiger partial charge in [0, 0.05) is 22.4 Å². The molecule has 0 saturated heterocycles. The number of benzene rings is 10. The molecule has 65 heavy (non-hydrogen) atoms. The number of rotatable bonds is 3. The van der Waals surface area contributed by atoms with Crippen LogP contribution in [0.3, 0.4) is 0 Å². The summed E-state index contributed by atoms with van der Waals surface area (Å²) in [6, 6.07) is 78.8. The smallest absolute Gasteiger partial charge is 0.0726 e. The Balaban J connectivity index is 1.24. The highest BCUT2D eigenvalue weighted by Crippen LogP contribution is 2.65. The van der Waals surface area contributed by atoms with E-state index in [1.165, 1.54) is 105 Å². The summed E-state index contributed by atoms with van der Waals surface area (Å²) in [5.74, 6) is 0. The summed E-state index contributed by atoms with van der Waals surface area (Å²) in [4.78, 5) is 2.53. The second-order valence-electron chi connectivity index (χ2n) is 20.0. The molecular formula is C64H49N. The van der Waals surface area contributed by atoms with E-state index in [-0.39, 0.29) is 10.8 Å². The number of anilines is 3. The van der Waals surface area contributed by atoms with Crippen molar-refractivity contribution in [3.8, 4) is 44.5 Å². The molecule has 0 N–H and O–H groups in total. The van der Waals surface area contributed by atoms with Crippen molar-refractivity contribution in [2.75, 3.05) is 4.90 Å². The molecule has 0 fully saturated rings. The van der Waals surface area contributed by atoms with Gasteiger partial charge in [0.15, 0.2) is 0 Å². The fourth-order valence-corrected chi connectivity index (χ4v) is 12.2. The van der Waals surface area contributed by atoms with Crippen molar-refractivity contribution in [2.45, 2.75) is 50.9 Å². The minimum atomic E-state index is -0.608. The lowest BCUT2D eigenvalue weighted by Gasteiger charge is -2.43. The third-order valence-corrected chi connectivity index (χ3v) is 15.2. The summed E-state index contributed by atoms with van der Waals surface area (Å²) in [6.07, 6.45) is 0. The van der Waals surface area contributed by atoms with Gasteiger partial charge in [-0.15, -0.1) is 0 Å². The monoisotopic (exact) mass is 831 g/mol. The van der Waals surface area contributed by atoms with Gasteiger partial charge in [0.25, 0.3) is 0 Å². The van der Waals surface area contributed by atoms with Crippen LogP contribution in [0.5, 0.6) is 0 Å². The molecule has 1 unspecified atom stereocenters. The van der Waals surface area contributed by atoms with Crippen LogP contribution in [0, 0.1) is 0 Å². The minimum Gasteiger partial charge on any atom is -0.310 e. The lowest BCUT2D eigenvalue weighted by Crippen LogP contribution is -2.33. The molecule has 15 rings (SSSR count). The summed E-state index contributed by atoms with van der Waals surface area (Å²) >= 11 is 0. The van der Waals surface area contributed by atoms with Crippen LogP contribution >= 0.6 is 0 Å². The van der Waals surface area contributed by atoms with E-state index in [1.807, 2.05) is 0 Å². The second-order valence-corrected chi connectivity index (χ2v) is 20.0. The highest BCUT2D eigenvalue weighted by molar-refractivity contribution is 6.15. The molecular weight excluding hydrogens is 783 g/mol. The Labute approximate surface area is 382 Å². The van der Waals surface area contributed by atoms with Crippen molar-refractivity contribution in [3.63, 3.8) is 0 Å². The summed E-state index contributed by atoms with van der Waals surface area (Å²) in [5.41, 5.74) is 21.8. The Morgan fingerprint density at radius 2 is 1.02 bits per heavy atom. The van der Waals surface area contributed by atoms with Gasteiger partial charge in [-0.3, -0.25) is 0 Å². The zero-order chi connectivity index (χ0) is 43.8. The Morgan fingerprint density at radius 3 is 1.82 bits per heavy atom. The first-order valence-electron chi connectivity index (χ1n) is 23.2. The largest absolute Gasteiger partial charge is 0.310 e. The molecule has 3 aliphatic heterocycles. The molecule has 10 aromatic carbocycles. The molecule has 3 heterocycles. The van der Waals surface area contributed by atoms with E-state index >= 15 is 0 Å². The van der Waals surface area contributed by atoms with Gasteiger partial charge in [0.2, 0.25) is 0 Å². The quantitative estimate of drug-likeness (QED) is 0.171. The van der Waals surface area contributed by atoms with Crippen LogP contribution in [0.4, 0.5) is 17.1 Å². The van der Waals surface area contributed by atoms with Crippen molar-refractivity contribution in [3.05, 3.63) is 245 Å². The van der Waals surface area contributed by atoms with Crippen molar-refractivity contribution in [1.29, 1.82) is 0 Å². The SMILES string of the molecule is CC(C)(C)c1cc2c(c3ccccc13)-c1cccc3c4ccc(c13)C21c2ccccc2-c2ccc(cc21)N(c1cccc(-c2ccccc2)c1)c1ccc(cc1-c1ccccc1)C4(C)C. The van der Waals surface area contributed by atoms with Gasteiger partial charge in [-0.1, -0.05) is 204 Å². The molecule has 10 aromatic rings. The molecule has 310 valence electrons. The van der Waals surface area contributed by atoms with E-state index < -0.39 is 5.41 Å². The van der Waals surface area contributed by atoms with Crippen molar-refractivity contribution < 1.29 is 0 Å². The van der Waals surface area contributed by atoms with E-state index in [0.29, 0.717) is 0 Å². The summed E-state index contributed by atoms with van der Waals surface area (Å²) in [6.45, 7) is 12.0. The molecule has 1 nitrogen and oxygen atoms in total. The first kappa shape index (κ1) is 38.0. The van der Waals surface area contributed by atoms with Crippen molar-refractivity contribution in [2.24, 2.45) is 0 Å². The molecule has 0 aromatic heterocycles. The lowest BCUT2D eigenvalue weighted by molar-refractivity contribution is 0.593. The topological polar surface area (TPSA) is 3.24 Å². The second kappa shape index (κ2) is 13.5. The maximum absolute atomic E-state index is 2.62. The normalized spacial score (nSPS) is 16.2. The van der Waals surface area contributed by atoms with Crippen LogP contribution in [-0.2, 0) is 16.2 Å². The zero-order valence-corrected chi connectivity index (χ0v) is 37.6. The predicted octanol–water partition coefficient (Wildman–Crippen LogP) is 17.1. The molecule has 2 aliphatic carbocycles. The maximum Gasteiger partial charge on any atom is 0.0726 e. The van der Waals surface area contributed by atoms with Gasteiger partial charge in [-0.2, -0.15) is 0 Å². The van der Waals surface area contributed by atoms with Crippen LogP contribution in [0.15, 0.2) is 206 Å². The van der Waals surface area contributed by atoms with E-state index in [1.54, 1.807) is 0 Å². The van der Waals surface area contributed by atoms with Crippen molar-refractivity contribution >= 4 is 38.6 Å². The summed E-state index contributed by atoms with van der Waals surface area (Å²) in [5, 5.41) is 5.33. The number of fused-ring (bicyclic) bond motifs is 8. The zero-order valence-electron chi connectivity index (χ0n) is 37.6. The summed E-state index contributed by atoms with van der Waals surface area (Å²) in [7, 11) is 0. The number of nitrogens with zero attached hydrogens (tertiary/aromatic N) is 1. The van der Waals surface area contributed by atoms with Gasteiger partial charge >= 0.3 is 0 Å². The average molecular weight is 832 g/mol. The van der Waals surface area contributed by atoms with E-state index in [4.69, 9.17) is 0 Å². The number of hydrogen-bond donors (Lipinski definition) is 0. The van der Waals surface area contributed by atoms with Gasteiger partial charge in [0.05, 0.1) is 11.1 Å². The minimum absolute atomic E-state index is 0.101. The Bertz CT molecular complexity index is 3610. The van der Waals surface area contributed by atoms with Crippen LogP contribution in [-0.4, -0.2) is 0 Å². The Morgan fingerprint density at radius 1 is 0.385 bits per heavy atom. The van der Waals surface area contributed by atoms with E-state index in [2.05, 4.69) is 246 Å². The molecule has 0 radical (unpaired) electrons. The number of hydrogen-bond acceptors (Lipinski definition) is 1. The fourth-order valence-electron chi connectivity index (χ4n) is 12.2. The first-order valence-corrected chi connectivity index (χ1v) is 23.2. The molecule has 1 spiro atoms. The molecule has 1 atom stereocenters. The van der Waals surface area contributed by atoms with E-state index in [0.717, 1.165) is 17.1 Å². The average Bonchev–Trinajstić information content (AvgIpc) is 3.62. The molecule has 0 saturated carbocycles. The van der Waals surface area contributed by atoms with Crippen LogP contribution in [0.25, 0.3) is 66.1 Å². The fraction of sp³-hybridized carbons (Fsp3) is 0.125. The van der Waals surface area contributed by atoms with Crippen LogP contribution < -0.4 is 4.90 Å². The summed E-state index contributed by atoms with van der Waals surface area (Å²) < 4.78 is 0. The van der Waals surface area contributed by atoms with Gasteiger partial charge < -0.3 is 4.90 Å². The third kappa shape index (κ3) is 5.21. The maximum atomic E-state index is 2.62. The molecule has 8 bridgehead atoms. The lowest BCUT2D eigenvalue weighted by atomic mass is 9.59. The van der Waals surface area contributed by atoms with Crippen molar-refractivity contribution in [1.82, 2.24) is 0 Å². The third-order valence-electron chi connectivity index (χ3n) is 15.2. The highest BCUT2D eigenvalue weighted by Gasteiger charge is 2.52. The standard InChI is InChI=1S/C64H49N/c1-62(2,3)56-39-58-60(49-26-13-12-25-47(49)56)51-28-17-27-50-53-33-34-55(61(50)51)64(58)54-29-15-14-24-46(54)48-32-31-45(38-57(48)64)65(44-23-16-22-42(36-44)40-18-8-6-9-19-40)59-35-30-43(63(53,4)5)37-52(59)41-20-10-7-11-21-41/h6-39H,1-5H3. The van der Waals surface area contributed by atoms with E-state index in [9.17, 15) is 0 Å². The molecule has 5 aliphatic rings. The molecule has 1 heteroatoms. The highest BCUT2D eigenvalue weighted by atomic mass is 15.1. The van der Waals surface area contributed by atoms with Gasteiger partial charge in [-0.05, 0) is 141 Å². The first-order chi connectivity index (χ1) is 31.6. The predicted molar refractivity (Wildman–Crippen MR) is 274 cm³/mol. The van der Waals surface area contributed by atoms with Crippen LogP contribution in [0.1, 0.15) is 73.6 Å². The Kier molecular flexibility index (Phi) is 7.91. The Hall–Kier alpha value is -7.48. The van der Waals surface area contributed by atoms with Crippen LogP contribution in [0.2, 0.25) is 0 Å². The van der Waals surface area contributed by atoms with Gasteiger partial charge in [-0.25, -0.2) is 0 Å².